The number of halogens is 1. The molecule has 0 atom stereocenters. The van der Waals surface area contributed by atoms with E-state index in [1.807, 2.05) is 0 Å². The van der Waals surface area contributed by atoms with Crippen molar-refractivity contribution in [3.63, 3.8) is 0 Å². The zero-order valence-electron chi connectivity index (χ0n) is 13.4. The number of sulfone groups is 1. The Hall–Kier alpha value is -3.07. The molecule has 0 radical (unpaired) electrons. The van der Waals surface area contributed by atoms with Crippen molar-refractivity contribution < 1.29 is 22.0 Å². The number of aromatic nitrogens is 2. The summed E-state index contributed by atoms with van der Waals surface area (Å²) in [5, 5.41) is 9.10. The van der Waals surface area contributed by atoms with Gasteiger partial charge in [0.05, 0.1) is 12.3 Å². The minimum atomic E-state index is -3.79. The van der Waals surface area contributed by atoms with Crippen LogP contribution in [0.5, 0.6) is 0 Å². The molecule has 3 rings (SSSR count). The number of amides is 1. The van der Waals surface area contributed by atoms with Crippen molar-refractivity contribution in [2.45, 2.75) is 17.5 Å². The smallest absolute Gasteiger partial charge is 0.335 e. The normalized spacial score (nSPS) is 11.3. The highest BCUT2D eigenvalue weighted by atomic mass is 32.2. The van der Waals surface area contributed by atoms with Crippen molar-refractivity contribution >= 4 is 15.7 Å². The third-order valence-corrected chi connectivity index (χ3v) is 4.81. The first-order valence-corrected chi connectivity index (χ1v) is 9.22. The summed E-state index contributed by atoms with van der Waals surface area (Å²) in [5.74, 6) is -1.42. The summed E-state index contributed by atoms with van der Waals surface area (Å²) in [5.41, 5.74) is 0.716. The van der Waals surface area contributed by atoms with Crippen LogP contribution in [0, 0.1) is 5.82 Å². The first-order valence-electron chi connectivity index (χ1n) is 7.57. The van der Waals surface area contributed by atoms with Crippen LogP contribution in [0.2, 0.25) is 0 Å². The first-order chi connectivity index (χ1) is 12.4. The number of hydrogen-bond acceptors (Lipinski definition) is 6. The maximum Gasteiger partial charge on any atom is 0.335 e. The molecule has 1 heterocycles. The number of carbonyl (C=O) groups is 1. The highest BCUT2D eigenvalue weighted by Crippen LogP contribution is 2.15. The largest absolute Gasteiger partial charge is 0.411 e. The Morgan fingerprint density at radius 1 is 1.08 bits per heavy atom. The molecule has 26 heavy (non-hydrogen) atoms. The van der Waals surface area contributed by atoms with Crippen LogP contribution in [0.15, 0.2) is 64.2 Å². The molecule has 0 aliphatic heterocycles. The second kappa shape index (κ2) is 7.44. The number of rotatable bonds is 6. The Labute approximate surface area is 148 Å². The van der Waals surface area contributed by atoms with E-state index in [9.17, 15) is 17.6 Å². The average Bonchev–Trinajstić information content (AvgIpc) is 3.10. The minimum Gasteiger partial charge on any atom is -0.411 e. The monoisotopic (exact) mass is 375 g/mol. The minimum absolute atomic E-state index is 0.0682. The summed E-state index contributed by atoms with van der Waals surface area (Å²) in [6.45, 7) is -0.177. The van der Waals surface area contributed by atoms with Crippen LogP contribution in [0.4, 0.5) is 4.39 Å². The van der Waals surface area contributed by atoms with Gasteiger partial charge < -0.3 is 9.73 Å². The molecule has 0 fully saturated rings. The Bertz CT molecular complexity index is 1020. The molecule has 9 heteroatoms. The van der Waals surface area contributed by atoms with Crippen LogP contribution < -0.4 is 5.32 Å². The zero-order valence-corrected chi connectivity index (χ0v) is 14.2. The molecule has 2 aromatic carbocycles. The van der Waals surface area contributed by atoms with Crippen LogP contribution in [-0.2, 0) is 22.1 Å². The molecule has 0 saturated heterocycles. The van der Waals surface area contributed by atoms with Gasteiger partial charge in [0.15, 0.2) is 0 Å². The van der Waals surface area contributed by atoms with E-state index in [4.69, 9.17) is 4.42 Å². The molecule has 1 aromatic heterocycles. The van der Waals surface area contributed by atoms with Crippen molar-refractivity contribution in [2.24, 2.45) is 0 Å². The van der Waals surface area contributed by atoms with E-state index in [1.54, 1.807) is 30.3 Å². The highest BCUT2D eigenvalue weighted by Gasteiger charge is 2.23. The predicted octanol–water partition coefficient (Wildman–Crippen LogP) is 2.11. The lowest BCUT2D eigenvalue weighted by atomic mass is 10.2. The lowest BCUT2D eigenvalue weighted by molar-refractivity contribution is 0.0946. The summed E-state index contributed by atoms with van der Waals surface area (Å²) >= 11 is 0. The van der Waals surface area contributed by atoms with Crippen molar-refractivity contribution in [3.8, 4) is 0 Å². The molecule has 0 unspecified atom stereocenters. The topological polar surface area (TPSA) is 102 Å². The van der Waals surface area contributed by atoms with Gasteiger partial charge in [0.2, 0.25) is 15.7 Å². The van der Waals surface area contributed by atoms with Gasteiger partial charge in [-0.2, -0.15) is 0 Å². The molecule has 0 aliphatic rings. The quantitative estimate of drug-likeness (QED) is 0.708. The molecule has 0 bridgehead atoms. The van der Waals surface area contributed by atoms with E-state index in [-0.39, 0.29) is 23.8 Å². The summed E-state index contributed by atoms with van der Waals surface area (Å²) in [6.07, 6.45) is 0. The lowest BCUT2D eigenvalue weighted by Crippen LogP contribution is -2.23. The van der Waals surface area contributed by atoms with E-state index < -0.39 is 26.8 Å². The fourth-order valence-electron chi connectivity index (χ4n) is 2.18. The third kappa shape index (κ3) is 4.31. The van der Waals surface area contributed by atoms with E-state index in [0.717, 1.165) is 6.07 Å². The van der Waals surface area contributed by atoms with Crippen molar-refractivity contribution in [3.05, 3.63) is 77.4 Å². The molecule has 0 spiro atoms. The van der Waals surface area contributed by atoms with Crippen molar-refractivity contribution in [1.29, 1.82) is 0 Å². The van der Waals surface area contributed by atoms with Crippen LogP contribution in [0.25, 0.3) is 0 Å². The van der Waals surface area contributed by atoms with Gasteiger partial charge in [-0.1, -0.05) is 41.5 Å². The van der Waals surface area contributed by atoms with Crippen LogP contribution in [0.3, 0.4) is 0 Å². The number of benzene rings is 2. The second-order valence-corrected chi connectivity index (χ2v) is 7.27. The molecule has 1 amide bonds. The molecule has 0 aliphatic carbocycles. The highest BCUT2D eigenvalue weighted by molar-refractivity contribution is 7.90. The molecular weight excluding hydrogens is 361 g/mol. The van der Waals surface area contributed by atoms with E-state index in [0.29, 0.717) is 5.56 Å². The molecular formula is C17H14FN3O4S. The van der Waals surface area contributed by atoms with Gasteiger partial charge in [-0.05, 0) is 23.8 Å². The summed E-state index contributed by atoms with van der Waals surface area (Å²) in [7, 11) is -3.79. The fourth-order valence-corrected chi connectivity index (χ4v) is 3.32. The molecule has 134 valence electrons. The maximum absolute atomic E-state index is 13.1. The molecule has 3 aromatic rings. The maximum atomic E-state index is 13.1. The predicted molar refractivity (Wildman–Crippen MR) is 89.2 cm³/mol. The standard InChI is InChI=1S/C17H14FN3O4S/c18-14-8-4-7-13(9-14)16(22)19-10-15-20-21-17(25-15)26(23,24)11-12-5-2-1-3-6-12/h1-9H,10-11H2,(H,19,22). The molecule has 7 nitrogen and oxygen atoms in total. The SMILES string of the molecule is O=C(NCc1nnc(S(=O)(=O)Cc2ccccc2)o1)c1cccc(F)c1. The van der Waals surface area contributed by atoms with Crippen LogP contribution >= 0.6 is 0 Å². The van der Waals surface area contributed by atoms with Gasteiger partial charge in [0.1, 0.15) is 5.82 Å². The van der Waals surface area contributed by atoms with Gasteiger partial charge in [0.25, 0.3) is 5.91 Å². The van der Waals surface area contributed by atoms with Gasteiger partial charge in [-0.3, -0.25) is 4.79 Å². The Morgan fingerprint density at radius 3 is 2.58 bits per heavy atom. The molecule has 1 N–H and O–H groups in total. The van der Waals surface area contributed by atoms with Gasteiger partial charge >= 0.3 is 5.22 Å². The Balaban J connectivity index is 1.65. The van der Waals surface area contributed by atoms with Gasteiger partial charge in [0, 0.05) is 5.56 Å². The number of carbonyl (C=O) groups excluding carboxylic acids is 1. The third-order valence-electron chi connectivity index (χ3n) is 3.40. The molecule has 0 saturated carbocycles. The van der Waals surface area contributed by atoms with E-state index in [2.05, 4.69) is 15.5 Å². The van der Waals surface area contributed by atoms with Gasteiger partial charge in [-0.15, -0.1) is 5.10 Å². The number of nitrogens with zero attached hydrogens (tertiary/aromatic N) is 2. The Morgan fingerprint density at radius 2 is 1.85 bits per heavy atom. The van der Waals surface area contributed by atoms with E-state index in [1.165, 1.54) is 18.2 Å². The van der Waals surface area contributed by atoms with Gasteiger partial charge in [-0.25, -0.2) is 12.8 Å². The lowest BCUT2D eigenvalue weighted by Gasteiger charge is -2.02. The zero-order chi connectivity index (χ0) is 18.6. The summed E-state index contributed by atoms with van der Waals surface area (Å²) in [4.78, 5) is 11.9. The second-order valence-electron chi connectivity index (χ2n) is 5.40. The van der Waals surface area contributed by atoms with Crippen LogP contribution in [-0.4, -0.2) is 24.5 Å². The average molecular weight is 375 g/mol. The van der Waals surface area contributed by atoms with Crippen molar-refractivity contribution in [1.82, 2.24) is 15.5 Å². The summed E-state index contributed by atoms with van der Waals surface area (Å²) < 4.78 is 42.8. The number of nitrogens with one attached hydrogen (secondary N) is 1. The van der Waals surface area contributed by atoms with Crippen LogP contribution in [0.1, 0.15) is 21.8 Å². The Kier molecular flexibility index (Phi) is 5.08. The van der Waals surface area contributed by atoms with Crippen molar-refractivity contribution in [2.75, 3.05) is 0 Å². The first kappa shape index (κ1) is 17.7. The summed E-state index contributed by atoms with van der Waals surface area (Å²) in [6, 6.07) is 13.7. The van der Waals surface area contributed by atoms with E-state index >= 15 is 0 Å². The number of hydrogen-bond donors (Lipinski definition) is 1. The fraction of sp³-hybridized carbons (Fsp3) is 0.118.